The third-order valence-electron chi connectivity index (χ3n) is 3.90. The van der Waals surface area contributed by atoms with Gasteiger partial charge in [0.1, 0.15) is 11.9 Å². The zero-order valence-corrected chi connectivity index (χ0v) is 12.1. The van der Waals surface area contributed by atoms with Crippen LogP contribution in [0.25, 0.3) is 0 Å². The molecule has 0 bridgehead atoms. The van der Waals surface area contributed by atoms with Crippen molar-refractivity contribution in [2.24, 2.45) is 11.0 Å². The number of carbonyl (C=O) groups is 1. The molecule has 2 atom stereocenters. The lowest BCUT2D eigenvalue weighted by atomic mass is 10.0. The minimum absolute atomic E-state index is 0.0187. The van der Waals surface area contributed by atoms with Gasteiger partial charge in [-0.1, -0.05) is 19.1 Å². The van der Waals surface area contributed by atoms with Gasteiger partial charge >= 0.3 is 0 Å². The van der Waals surface area contributed by atoms with Crippen LogP contribution in [0.5, 0.6) is 0 Å². The quantitative estimate of drug-likeness (QED) is 0.759. The molecule has 0 aliphatic carbocycles. The fourth-order valence-corrected chi connectivity index (χ4v) is 2.85. The molecule has 0 saturated carbocycles. The topological polar surface area (TPSA) is 80.0 Å². The fourth-order valence-electron chi connectivity index (χ4n) is 2.85. The van der Waals surface area contributed by atoms with E-state index in [-0.39, 0.29) is 17.9 Å². The molecular formula is C15H20N4O2. The summed E-state index contributed by atoms with van der Waals surface area (Å²) in [5.74, 6) is 1.05. The van der Waals surface area contributed by atoms with Gasteiger partial charge in [-0.15, -0.1) is 0 Å². The minimum Gasteiger partial charge on any atom is -0.399 e. The number of amidine groups is 1. The lowest BCUT2D eigenvalue weighted by molar-refractivity contribution is -0.122. The second-order valence-corrected chi connectivity index (χ2v) is 5.59. The molecule has 112 valence electrons. The average Bonchev–Trinajstić information content (AvgIpc) is 2.47. The first-order valence-corrected chi connectivity index (χ1v) is 7.22. The summed E-state index contributed by atoms with van der Waals surface area (Å²) in [5.41, 5.74) is 10.2. The summed E-state index contributed by atoms with van der Waals surface area (Å²) < 4.78 is 5.86. The molecule has 1 fully saturated rings. The molecule has 21 heavy (non-hydrogen) atoms. The maximum Gasteiger partial charge on any atom is 0.240 e. The van der Waals surface area contributed by atoms with Crippen molar-refractivity contribution in [2.75, 3.05) is 25.4 Å². The molecule has 6 heteroatoms. The van der Waals surface area contributed by atoms with Crippen molar-refractivity contribution in [3.05, 3.63) is 29.8 Å². The number of anilines is 1. The van der Waals surface area contributed by atoms with E-state index in [0.717, 1.165) is 30.2 Å². The van der Waals surface area contributed by atoms with Gasteiger partial charge in [0.15, 0.2) is 0 Å². The van der Waals surface area contributed by atoms with E-state index in [9.17, 15) is 4.79 Å². The number of rotatable bonds is 1. The van der Waals surface area contributed by atoms with E-state index in [2.05, 4.69) is 15.4 Å². The average molecular weight is 288 g/mol. The highest BCUT2D eigenvalue weighted by Crippen LogP contribution is 2.25. The Balaban J connectivity index is 1.75. The van der Waals surface area contributed by atoms with Gasteiger partial charge in [0, 0.05) is 31.1 Å². The third kappa shape index (κ3) is 3.00. The number of benzene rings is 1. The Kier molecular flexibility index (Phi) is 3.79. The van der Waals surface area contributed by atoms with Gasteiger partial charge in [-0.05, 0) is 17.7 Å². The first-order valence-electron chi connectivity index (χ1n) is 7.22. The molecule has 6 nitrogen and oxygen atoms in total. The molecule has 2 heterocycles. The molecule has 1 saturated heterocycles. The SMILES string of the molecule is CC1CC(=O)NN=C1N1CCOC(c2cccc(N)c2)C1. The third-order valence-corrected chi connectivity index (χ3v) is 3.90. The minimum atomic E-state index is -0.0214. The van der Waals surface area contributed by atoms with Gasteiger partial charge in [-0.2, -0.15) is 5.10 Å². The van der Waals surface area contributed by atoms with Crippen molar-refractivity contribution in [2.45, 2.75) is 19.4 Å². The number of nitrogens with zero attached hydrogens (tertiary/aromatic N) is 2. The Morgan fingerprint density at radius 1 is 1.48 bits per heavy atom. The molecule has 0 spiro atoms. The Morgan fingerprint density at radius 3 is 3.10 bits per heavy atom. The van der Waals surface area contributed by atoms with Crippen LogP contribution < -0.4 is 11.2 Å². The maximum absolute atomic E-state index is 11.3. The standard InChI is InChI=1S/C15H20N4O2/c1-10-7-14(20)17-18-15(10)19-5-6-21-13(9-19)11-3-2-4-12(16)8-11/h2-4,8,10,13H,5-7,9,16H2,1H3,(H,17,20). The number of hydrogen-bond acceptors (Lipinski definition) is 5. The van der Waals surface area contributed by atoms with Crippen LogP contribution in [0.4, 0.5) is 5.69 Å². The molecule has 2 aliphatic heterocycles. The van der Waals surface area contributed by atoms with Crippen LogP contribution in [-0.4, -0.2) is 36.3 Å². The predicted molar refractivity (Wildman–Crippen MR) is 80.5 cm³/mol. The summed E-state index contributed by atoms with van der Waals surface area (Å²) in [5, 5.41) is 4.22. The van der Waals surface area contributed by atoms with Crippen LogP contribution in [0, 0.1) is 5.92 Å². The molecule has 3 N–H and O–H groups in total. The highest BCUT2D eigenvalue weighted by molar-refractivity contribution is 5.93. The van der Waals surface area contributed by atoms with Crippen LogP contribution in [0.2, 0.25) is 0 Å². The van der Waals surface area contributed by atoms with Crippen molar-refractivity contribution in [1.29, 1.82) is 0 Å². The van der Waals surface area contributed by atoms with Crippen LogP contribution >= 0.6 is 0 Å². The Morgan fingerprint density at radius 2 is 2.33 bits per heavy atom. The van der Waals surface area contributed by atoms with Crippen LogP contribution in [0.3, 0.4) is 0 Å². The Labute approximate surface area is 123 Å². The number of hydrogen-bond donors (Lipinski definition) is 2. The van der Waals surface area contributed by atoms with Gasteiger partial charge in [-0.25, -0.2) is 5.43 Å². The van der Waals surface area contributed by atoms with E-state index >= 15 is 0 Å². The number of nitrogen functional groups attached to an aromatic ring is 1. The van der Waals surface area contributed by atoms with Crippen LogP contribution in [-0.2, 0) is 9.53 Å². The summed E-state index contributed by atoms with van der Waals surface area (Å²) in [4.78, 5) is 13.5. The number of carbonyl (C=O) groups excluding carboxylic acids is 1. The monoisotopic (exact) mass is 288 g/mol. The van der Waals surface area contributed by atoms with E-state index in [0.29, 0.717) is 13.0 Å². The lowest BCUT2D eigenvalue weighted by Crippen LogP contribution is -2.48. The van der Waals surface area contributed by atoms with Gasteiger partial charge in [-0.3, -0.25) is 4.79 Å². The van der Waals surface area contributed by atoms with Gasteiger partial charge in [0.2, 0.25) is 5.91 Å². The van der Waals surface area contributed by atoms with E-state index in [1.807, 2.05) is 31.2 Å². The second-order valence-electron chi connectivity index (χ2n) is 5.59. The van der Waals surface area contributed by atoms with Gasteiger partial charge in [0.05, 0.1) is 6.61 Å². The van der Waals surface area contributed by atoms with Crippen molar-refractivity contribution in [3.8, 4) is 0 Å². The molecule has 2 aliphatic rings. The van der Waals surface area contributed by atoms with Crippen molar-refractivity contribution >= 4 is 17.4 Å². The Bertz CT molecular complexity index is 573. The summed E-state index contributed by atoms with van der Waals surface area (Å²) in [6, 6.07) is 7.78. The van der Waals surface area contributed by atoms with E-state index in [1.165, 1.54) is 0 Å². The van der Waals surface area contributed by atoms with E-state index < -0.39 is 0 Å². The molecule has 2 unspecified atom stereocenters. The van der Waals surface area contributed by atoms with Gasteiger partial charge < -0.3 is 15.4 Å². The van der Waals surface area contributed by atoms with E-state index in [1.54, 1.807) is 0 Å². The zero-order chi connectivity index (χ0) is 14.8. The highest BCUT2D eigenvalue weighted by atomic mass is 16.5. The van der Waals surface area contributed by atoms with Crippen LogP contribution in [0.1, 0.15) is 25.0 Å². The fraction of sp³-hybridized carbons (Fsp3) is 0.467. The van der Waals surface area contributed by atoms with Crippen molar-refractivity contribution in [1.82, 2.24) is 10.3 Å². The largest absolute Gasteiger partial charge is 0.399 e. The molecule has 1 aromatic rings. The molecular weight excluding hydrogens is 268 g/mol. The second kappa shape index (κ2) is 5.73. The highest BCUT2D eigenvalue weighted by Gasteiger charge is 2.30. The maximum atomic E-state index is 11.3. The molecule has 0 radical (unpaired) electrons. The van der Waals surface area contributed by atoms with Gasteiger partial charge in [0.25, 0.3) is 0 Å². The summed E-state index contributed by atoms with van der Waals surface area (Å²) in [6.45, 7) is 4.18. The number of morpholine rings is 1. The molecule has 0 aromatic heterocycles. The number of nitrogens with one attached hydrogen (secondary N) is 1. The number of amides is 1. The number of ether oxygens (including phenoxy) is 1. The Hall–Kier alpha value is -2.08. The summed E-state index contributed by atoms with van der Waals surface area (Å²) in [6.07, 6.45) is 0.467. The summed E-state index contributed by atoms with van der Waals surface area (Å²) in [7, 11) is 0. The predicted octanol–water partition coefficient (Wildman–Crippen LogP) is 1.11. The normalized spacial score (nSPS) is 26.2. The zero-order valence-electron chi connectivity index (χ0n) is 12.1. The molecule has 3 rings (SSSR count). The summed E-state index contributed by atoms with van der Waals surface area (Å²) >= 11 is 0. The number of hydrazone groups is 1. The van der Waals surface area contributed by atoms with Crippen LogP contribution in [0.15, 0.2) is 29.4 Å². The first-order chi connectivity index (χ1) is 10.1. The van der Waals surface area contributed by atoms with Crippen molar-refractivity contribution < 1.29 is 9.53 Å². The number of nitrogens with two attached hydrogens (primary N) is 1. The lowest BCUT2D eigenvalue weighted by Gasteiger charge is -2.37. The smallest absolute Gasteiger partial charge is 0.240 e. The molecule has 1 aromatic carbocycles. The van der Waals surface area contributed by atoms with E-state index in [4.69, 9.17) is 10.5 Å². The van der Waals surface area contributed by atoms with Crippen molar-refractivity contribution in [3.63, 3.8) is 0 Å². The molecule has 1 amide bonds. The first kappa shape index (κ1) is 13.9.